The average molecular weight is 355 g/mol. The highest BCUT2D eigenvalue weighted by atomic mass is 79.9. The van der Waals surface area contributed by atoms with Crippen LogP contribution in [0.1, 0.15) is 29.9 Å². The van der Waals surface area contributed by atoms with Crippen molar-refractivity contribution in [3.8, 4) is 0 Å². The summed E-state index contributed by atoms with van der Waals surface area (Å²) >= 11 is 9.72. The fourth-order valence-electron chi connectivity index (χ4n) is 2.02. The van der Waals surface area contributed by atoms with Crippen LogP contribution in [0.2, 0.25) is 5.02 Å². The molecule has 0 amide bonds. The average Bonchev–Trinajstić information content (AvgIpc) is 2.42. The maximum atomic E-state index is 6.29. The van der Waals surface area contributed by atoms with Crippen LogP contribution in [0.25, 0.3) is 0 Å². The zero-order valence-corrected chi connectivity index (χ0v) is 13.9. The molecule has 2 aromatic rings. The normalized spacial score (nSPS) is 12.4. The molecule has 0 aliphatic carbocycles. The largest absolute Gasteiger partial charge is 0.309 e. The molecular formula is C15H17BrClN3. The maximum Gasteiger partial charge on any atom is 0.0759 e. The van der Waals surface area contributed by atoms with Crippen molar-refractivity contribution in [2.45, 2.75) is 26.3 Å². The minimum atomic E-state index is 0.117. The number of nitrogens with one attached hydrogen (secondary N) is 1. The van der Waals surface area contributed by atoms with Crippen LogP contribution in [0.4, 0.5) is 0 Å². The van der Waals surface area contributed by atoms with Gasteiger partial charge in [-0.1, -0.05) is 40.5 Å². The molecule has 0 aliphatic rings. The predicted molar refractivity (Wildman–Crippen MR) is 86.0 cm³/mol. The highest BCUT2D eigenvalue weighted by Crippen LogP contribution is 2.25. The molecule has 1 aromatic heterocycles. The Hall–Kier alpha value is -0.970. The molecule has 0 spiro atoms. The van der Waals surface area contributed by atoms with Gasteiger partial charge in [-0.15, -0.1) is 0 Å². The summed E-state index contributed by atoms with van der Waals surface area (Å²) in [6.07, 6.45) is 4.41. The third-order valence-corrected chi connectivity index (χ3v) is 3.89. The van der Waals surface area contributed by atoms with E-state index in [9.17, 15) is 0 Å². The monoisotopic (exact) mass is 353 g/mol. The molecule has 0 fully saturated rings. The van der Waals surface area contributed by atoms with Gasteiger partial charge < -0.3 is 5.32 Å². The van der Waals surface area contributed by atoms with Crippen molar-refractivity contribution in [2.24, 2.45) is 0 Å². The van der Waals surface area contributed by atoms with Gasteiger partial charge in [0, 0.05) is 15.7 Å². The van der Waals surface area contributed by atoms with Crippen molar-refractivity contribution in [1.82, 2.24) is 15.3 Å². The lowest BCUT2D eigenvalue weighted by molar-refractivity contribution is 0.534. The molecule has 1 aromatic carbocycles. The zero-order valence-electron chi connectivity index (χ0n) is 11.5. The number of halogens is 2. The van der Waals surface area contributed by atoms with Gasteiger partial charge in [0.25, 0.3) is 0 Å². The van der Waals surface area contributed by atoms with Gasteiger partial charge in [0.15, 0.2) is 0 Å². The summed E-state index contributed by atoms with van der Waals surface area (Å²) < 4.78 is 0.987. The van der Waals surface area contributed by atoms with Crippen molar-refractivity contribution in [3.63, 3.8) is 0 Å². The quantitative estimate of drug-likeness (QED) is 0.878. The Morgan fingerprint density at radius 1 is 1.30 bits per heavy atom. The molecule has 1 unspecified atom stereocenters. The fraction of sp³-hybridized carbons (Fsp3) is 0.333. The standard InChI is InChI=1S/C15H17BrClN3/c1-3-18-14(15-9-19-10(2)8-20-15)6-11-4-5-12(16)7-13(11)17/h4-5,7-9,14,18H,3,6H2,1-2H3. The summed E-state index contributed by atoms with van der Waals surface area (Å²) in [4.78, 5) is 8.78. The lowest BCUT2D eigenvalue weighted by Crippen LogP contribution is -2.24. The van der Waals surface area contributed by atoms with Gasteiger partial charge in [-0.3, -0.25) is 9.97 Å². The Kier molecular flexibility index (Phi) is 5.52. The second-order valence-corrected chi connectivity index (χ2v) is 5.96. The molecule has 0 aliphatic heterocycles. The molecule has 1 atom stereocenters. The summed E-state index contributed by atoms with van der Waals surface area (Å²) in [6, 6.07) is 6.08. The van der Waals surface area contributed by atoms with Crippen LogP contribution in [0.3, 0.4) is 0 Å². The highest BCUT2D eigenvalue weighted by molar-refractivity contribution is 9.10. The molecule has 3 nitrogen and oxygen atoms in total. The summed E-state index contributed by atoms with van der Waals surface area (Å²) in [7, 11) is 0. The first-order valence-corrected chi connectivity index (χ1v) is 7.73. The summed E-state index contributed by atoms with van der Waals surface area (Å²) in [5.74, 6) is 0. The zero-order chi connectivity index (χ0) is 14.5. The molecule has 0 saturated carbocycles. The number of likely N-dealkylation sites (N-methyl/N-ethyl adjacent to an activating group) is 1. The first kappa shape index (κ1) is 15.4. The topological polar surface area (TPSA) is 37.8 Å². The third-order valence-electron chi connectivity index (χ3n) is 3.05. The minimum Gasteiger partial charge on any atom is -0.309 e. The SMILES string of the molecule is CCNC(Cc1ccc(Br)cc1Cl)c1cnc(C)cn1. The maximum absolute atomic E-state index is 6.29. The Morgan fingerprint density at radius 3 is 2.70 bits per heavy atom. The van der Waals surface area contributed by atoms with E-state index in [1.807, 2.05) is 31.3 Å². The van der Waals surface area contributed by atoms with Crippen molar-refractivity contribution in [3.05, 3.63) is 57.0 Å². The first-order chi connectivity index (χ1) is 9.60. The van der Waals surface area contributed by atoms with E-state index in [0.29, 0.717) is 0 Å². The Morgan fingerprint density at radius 2 is 2.10 bits per heavy atom. The number of rotatable bonds is 5. The van der Waals surface area contributed by atoms with Gasteiger partial charge in [-0.25, -0.2) is 0 Å². The van der Waals surface area contributed by atoms with Crippen molar-refractivity contribution in [1.29, 1.82) is 0 Å². The van der Waals surface area contributed by atoms with Gasteiger partial charge >= 0.3 is 0 Å². The van der Waals surface area contributed by atoms with Crippen molar-refractivity contribution in [2.75, 3.05) is 6.54 Å². The minimum absolute atomic E-state index is 0.117. The van der Waals surface area contributed by atoms with Gasteiger partial charge in [0.1, 0.15) is 0 Å². The van der Waals surface area contributed by atoms with E-state index in [-0.39, 0.29) is 6.04 Å². The summed E-state index contributed by atoms with van der Waals surface area (Å²) in [5.41, 5.74) is 2.96. The molecule has 1 heterocycles. The van der Waals surface area contributed by atoms with E-state index < -0.39 is 0 Å². The number of aryl methyl sites for hydroxylation is 1. The van der Waals surface area contributed by atoms with Gasteiger partial charge in [0.05, 0.1) is 23.6 Å². The number of hydrogen-bond donors (Lipinski definition) is 1. The molecule has 1 N–H and O–H groups in total. The lowest BCUT2D eigenvalue weighted by atomic mass is 10.0. The van der Waals surface area contributed by atoms with Crippen LogP contribution in [0.5, 0.6) is 0 Å². The lowest BCUT2D eigenvalue weighted by Gasteiger charge is -2.18. The molecule has 106 valence electrons. The third kappa shape index (κ3) is 4.01. The Balaban J connectivity index is 2.22. The highest BCUT2D eigenvalue weighted by Gasteiger charge is 2.14. The molecule has 5 heteroatoms. The number of hydrogen-bond acceptors (Lipinski definition) is 3. The molecule has 20 heavy (non-hydrogen) atoms. The molecule has 0 bridgehead atoms. The molecular weight excluding hydrogens is 338 g/mol. The van der Waals surface area contributed by atoms with Crippen molar-refractivity contribution >= 4 is 27.5 Å². The second-order valence-electron chi connectivity index (χ2n) is 4.63. The van der Waals surface area contributed by atoms with E-state index in [4.69, 9.17) is 11.6 Å². The smallest absolute Gasteiger partial charge is 0.0759 e. The van der Waals surface area contributed by atoms with E-state index >= 15 is 0 Å². The second kappa shape index (κ2) is 7.16. The number of benzene rings is 1. The number of nitrogens with zero attached hydrogens (tertiary/aromatic N) is 2. The van der Waals surface area contributed by atoms with E-state index in [2.05, 4.69) is 38.1 Å². The molecule has 0 saturated heterocycles. The van der Waals surface area contributed by atoms with Crippen LogP contribution >= 0.6 is 27.5 Å². The van der Waals surface area contributed by atoms with Gasteiger partial charge in [-0.2, -0.15) is 0 Å². The fourth-order valence-corrected chi connectivity index (χ4v) is 2.77. The van der Waals surface area contributed by atoms with Crippen LogP contribution < -0.4 is 5.32 Å². The van der Waals surface area contributed by atoms with E-state index in [0.717, 1.165) is 39.4 Å². The summed E-state index contributed by atoms with van der Waals surface area (Å²) in [6.45, 7) is 4.89. The van der Waals surface area contributed by atoms with Crippen LogP contribution in [0, 0.1) is 6.92 Å². The van der Waals surface area contributed by atoms with Crippen LogP contribution in [0.15, 0.2) is 35.1 Å². The van der Waals surface area contributed by atoms with Crippen LogP contribution in [-0.2, 0) is 6.42 Å². The Labute approximate surface area is 132 Å². The molecule has 2 rings (SSSR count). The van der Waals surface area contributed by atoms with Gasteiger partial charge in [-0.05, 0) is 37.6 Å². The predicted octanol–water partition coefficient (Wildman–Crippen LogP) is 4.09. The van der Waals surface area contributed by atoms with Gasteiger partial charge in [0.2, 0.25) is 0 Å². The van der Waals surface area contributed by atoms with Crippen LogP contribution in [-0.4, -0.2) is 16.5 Å². The Bertz CT molecular complexity index is 572. The molecule has 0 radical (unpaired) electrons. The number of aromatic nitrogens is 2. The summed E-state index contributed by atoms with van der Waals surface area (Å²) in [5, 5.41) is 4.20. The van der Waals surface area contributed by atoms with E-state index in [1.165, 1.54) is 0 Å². The van der Waals surface area contributed by atoms with Crippen molar-refractivity contribution < 1.29 is 0 Å². The first-order valence-electron chi connectivity index (χ1n) is 6.56. The van der Waals surface area contributed by atoms with E-state index in [1.54, 1.807) is 6.20 Å².